The molecule has 13 heteroatoms. The van der Waals surface area contributed by atoms with Gasteiger partial charge in [-0.25, -0.2) is 4.98 Å². The van der Waals surface area contributed by atoms with Crippen molar-refractivity contribution in [1.82, 2.24) is 30.2 Å². The molecule has 1 aliphatic rings. The number of rotatable bonds is 5. The van der Waals surface area contributed by atoms with Gasteiger partial charge in [0.25, 0.3) is 0 Å². The SMILES string of the molecule is O=C(Nc1ncc(Cc2cccc(C(F)(F)F)c2)s1)C1CCN(c2ccc3nnnn3n2)CC1. The normalized spacial score (nSPS) is 15.1. The lowest BCUT2D eigenvalue weighted by Crippen LogP contribution is -2.38. The second-order valence-electron chi connectivity index (χ2n) is 7.98. The van der Waals surface area contributed by atoms with Crippen molar-refractivity contribution < 1.29 is 18.0 Å². The van der Waals surface area contributed by atoms with Gasteiger partial charge in [0.05, 0.1) is 5.56 Å². The number of hydrogen-bond acceptors (Lipinski definition) is 8. The highest BCUT2D eigenvalue weighted by Crippen LogP contribution is 2.31. The van der Waals surface area contributed by atoms with Gasteiger partial charge in [-0.2, -0.15) is 13.2 Å². The Bertz CT molecular complexity index is 1310. The van der Waals surface area contributed by atoms with Gasteiger partial charge in [0.1, 0.15) is 0 Å². The molecule has 0 aliphatic carbocycles. The van der Waals surface area contributed by atoms with E-state index in [-0.39, 0.29) is 11.8 Å². The fraction of sp³-hybridized carbons (Fsp3) is 0.333. The highest BCUT2D eigenvalue weighted by molar-refractivity contribution is 7.15. The number of hydrogen-bond donors (Lipinski definition) is 1. The first-order chi connectivity index (χ1) is 16.3. The first-order valence-corrected chi connectivity index (χ1v) is 11.4. The highest BCUT2D eigenvalue weighted by Gasteiger charge is 2.30. The molecule has 1 amide bonds. The predicted molar refractivity (Wildman–Crippen MR) is 119 cm³/mol. The van der Waals surface area contributed by atoms with Crippen LogP contribution in [0, 0.1) is 5.92 Å². The molecule has 4 heterocycles. The van der Waals surface area contributed by atoms with Gasteiger partial charge in [-0.15, -0.1) is 26.2 Å². The monoisotopic (exact) mass is 488 g/mol. The number of aromatic nitrogens is 6. The van der Waals surface area contributed by atoms with Gasteiger partial charge in [0, 0.05) is 36.5 Å². The van der Waals surface area contributed by atoms with Crippen LogP contribution in [-0.4, -0.2) is 49.2 Å². The van der Waals surface area contributed by atoms with Gasteiger partial charge in [-0.05, 0) is 47.0 Å². The fourth-order valence-corrected chi connectivity index (χ4v) is 4.74. The molecule has 9 nitrogen and oxygen atoms in total. The summed E-state index contributed by atoms with van der Waals surface area (Å²) >= 11 is 1.27. The Balaban J connectivity index is 1.16. The molecule has 176 valence electrons. The van der Waals surface area contributed by atoms with Crippen LogP contribution in [0.15, 0.2) is 42.6 Å². The Morgan fingerprint density at radius 3 is 2.79 bits per heavy atom. The third kappa shape index (κ3) is 4.83. The molecule has 0 atom stereocenters. The molecule has 0 bridgehead atoms. The topological polar surface area (TPSA) is 101 Å². The quantitative estimate of drug-likeness (QED) is 0.459. The van der Waals surface area contributed by atoms with Crippen LogP contribution in [0.3, 0.4) is 0 Å². The number of halogens is 3. The number of piperidine rings is 1. The van der Waals surface area contributed by atoms with E-state index >= 15 is 0 Å². The number of benzene rings is 1. The number of thiazole rings is 1. The zero-order valence-electron chi connectivity index (χ0n) is 17.7. The fourth-order valence-electron chi connectivity index (χ4n) is 3.89. The number of tetrazole rings is 1. The third-order valence-corrected chi connectivity index (χ3v) is 6.57. The molecule has 0 unspecified atom stereocenters. The van der Waals surface area contributed by atoms with Crippen LogP contribution in [0.4, 0.5) is 24.1 Å². The van der Waals surface area contributed by atoms with Crippen LogP contribution < -0.4 is 10.2 Å². The van der Waals surface area contributed by atoms with E-state index in [1.807, 2.05) is 6.07 Å². The van der Waals surface area contributed by atoms with Crippen molar-refractivity contribution in [1.29, 1.82) is 0 Å². The summed E-state index contributed by atoms with van der Waals surface area (Å²) in [4.78, 5) is 19.8. The van der Waals surface area contributed by atoms with Crippen molar-refractivity contribution in [3.05, 3.63) is 58.6 Å². The summed E-state index contributed by atoms with van der Waals surface area (Å²) in [6.45, 7) is 1.33. The molecule has 1 aliphatic heterocycles. The summed E-state index contributed by atoms with van der Waals surface area (Å²) in [5, 5.41) is 18.9. The van der Waals surface area contributed by atoms with Crippen LogP contribution in [-0.2, 0) is 17.4 Å². The van der Waals surface area contributed by atoms with E-state index < -0.39 is 11.7 Å². The molecule has 0 saturated carbocycles. The van der Waals surface area contributed by atoms with Gasteiger partial charge in [-0.1, -0.05) is 18.2 Å². The summed E-state index contributed by atoms with van der Waals surface area (Å²) in [5.74, 6) is 0.477. The molecule has 1 fully saturated rings. The summed E-state index contributed by atoms with van der Waals surface area (Å²) in [6.07, 6.45) is -1.17. The third-order valence-electron chi connectivity index (χ3n) is 5.66. The number of fused-ring (bicyclic) bond motifs is 1. The molecule has 34 heavy (non-hydrogen) atoms. The highest BCUT2D eigenvalue weighted by atomic mass is 32.1. The Hall–Kier alpha value is -3.61. The molecule has 1 N–H and O–H groups in total. The predicted octanol–water partition coefficient (Wildman–Crippen LogP) is 3.44. The van der Waals surface area contributed by atoms with Crippen molar-refractivity contribution in [3.63, 3.8) is 0 Å². The molecule has 0 spiro atoms. The molecular formula is C21H19F3N8OS. The van der Waals surface area contributed by atoms with Crippen molar-refractivity contribution in [2.45, 2.75) is 25.4 Å². The summed E-state index contributed by atoms with van der Waals surface area (Å²) in [6, 6.07) is 8.87. The number of carbonyl (C=O) groups is 1. The second kappa shape index (κ2) is 8.97. The van der Waals surface area contributed by atoms with Crippen molar-refractivity contribution in [2.75, 3.05) is 23.3 Å². The Morgan fingerprint density at radius 1 is 1.18 bits per heavy atom. The minimum atomic E-state index is -4.38. The first kappa shape index (κ1) is 22.2. The Kier molecular flexibility index (Phi) is 5.86. The molecule has 3 aromatic heterocycles. The van der Waals surface area contributed by atoms with Crippen molar-refractivity contribution in [3.8, 4) is 0 Å². The zero-order chi connectivity index (χ0) is 23.7. The largest absolute Gasteiger partial charge is 0.416 e. The van der Waals surface area contributed by atoms with Gasteiger partial charge >= 0.3 is 6.18 Å². The maximum atomic E-state index is 12.9. The maximum absolute atomic E-state index is 12.9. The minimum Gasteiger partial charge on any atom is -0.355 e. The van der Waals surface area contributed by atoms with Crippen LogP contribution in [0.25, 0.3) is 5.65 Å². The van der Waals surface area contributed by atoms with Gasteiger partial charge < -0.3 is 10.2 Å². The molecular weight excluding hydrogens is 469 g/mol. The minimum absolute atomic E-state index is 0.108. The maximum Gasteiger partial charge on any atom is 0.416 e. The van der Waals surface area contributed by atoms with Crippen LogP contribution in [0.2, 0.25) is 0 Å². The number of alkyl halides is 3. The first-order valence-electron chi connectivity index (χ1n) is 10.6. The van der Waals surface area contributed by atoms with Crippen molar-refractivity contribution in [2.24, 2.45) is 5.92 Å². The molecule has 0 radical (unpaired) electrons. The zero-order valence-corrected chi connectivity index (χ0v) is 18.6. The number of anilines is 2. The average Bonchev–Trinajstić information content (AvgIpc) is 3.47. The van der Waals surface area contributed by atoms with Gasteiger partial charge in [0.2, 0.25) is 5.91 Å². The molecule has 5 rings (SSSR count). The summed E-state index contributed by atoms with van der Waals surface area (Å²) in [7, 11) is 0. The van der Waals surface area contributed by atoms with Crippen molar-refractivity contribution >= 4 is 33.8 Å². The lowest BCUT2D eigenvalue weighted by Gasteiger charge is -2.31. The lowest BCUT2D eigenvalue weighted by molar-refractivity contribution is -0.137. The summed E-state index contributed by atoms with van der Waals surface area (Å²) in [5.41, 5.74) is 0.425. The summed E-state index contributed by atoms with van der Waals surface area (Å²) < 4.78 is 40.2. The smallest absolute Gasteiger partial charge is 0.355 e. The number of carbonyl (C=O) groups excluding carboxylic acids is 1. The van der Waals surface area contributed by atoms with E-state index in [0.29, 0.717) is 48.7 Å². The van der Waals surface area contributed by atoms with Crippen LogP contribution in [0.5, 0.6) is 0 Å². The standard InChI is InChI=1S/C21H19F3N8OS/c22-21(23,24)15-3-1-2-13(10-15)11-16-12-25-20(34-16)26-19(33)14-6-8-31(9-7-14)18-5-4-17-27-29-30-32(17)28-18/h1-5,10,12,14H,6-9,11H2,(H,25,26,33). The second-order valence-corrected chi connectivity index (χ2v) is 9.09. The number of nitrogens with zero attached hydrogens (tertiary/aromatic N) is 7. The van der Waals surface area contributed by atoms with E-state index in [2.05, 4.69) is 35.8 Å². The Morgan fingerprint density at radius 2 is 2.00 bits per heavy atom. The van der Waals surface area contributed by atoms with E-state index in [1.165, 1.54) is 22.0 Å². The van der Waals surface area contributed by atoms with Gasteiger partial charge in [-0.3, -0.25) is 4.79 Å². The average molecular weight is 488 g/mol. The molecule has 4 aromatic rings. The van der Waals surface area contributed by atoms with E-state index in [9.17, 15) is 18.0 Å². The van der Waals surface area contributed by atoms with E-state index in [4.69, 9.17) is 0 Å². The van der Waals surface area contributed by atoms with Crippen LogP contribution >= 0.6 is 11.3 Å². The van der Waals surface area contributed by atoms with E-state index in [0.717, 1.165) is 22.8 Å². The van der Waals surface area contributed by atoms with E-state index in [1.54, 1.807) is 18.3 Å². The van der Waals surface area contributed by atoms with Crippen LogP contribution in [0.1, 0.15) is 28.8 Å². The Labute approximate surface area is 195 Å². The lowest BCUT2D eigenvalue weighted by atomic mass is 9.96. The van der Waals surface area contributed by atoms with Gasteiger partial charge in [0.15, 0.2) is 16.6 Å². The molecule has 1 aromatic carbocycles. The molecule has 1 saturated heterocycles. The number of nitrogens with one attached hydrogen (secondary N) is 1. The number of amides is 1.